The Morgan fingerprint density at radius 3 is 2.73 bits per heavy atom. The maximum absolute atomic E-state index is 5.67. The average Bonchev–Trinajstić information content (AvgIpc) is 2.12. The van der Waals surface area contributed by atoms with E-state index in [0.717, 1.165) is 18.8 Å². The highest BCUT2D eigenvalue weighted by Crippen LogP contribution is 2.22. The first-order valence-electron chi connectivity index (χ1n) is 5.27. The largest absolute Gasteiger partial charge is 0.384 e. The van der Waals surface area contributed by atoms with Gasteiger partial charge in [0.05, 0.1) is 24.1 Å². The maximum Gasteiger partial charge on any atom is 0.123 e. The quantitative estimate of drug-likeness (QED) is 0.811. The molecule has 0 aromatic carbocycles. The van der Waals surface area contributed by atoms with Crippen LogP contribution in [0.1, 0.15) is 13.8 Å². The molecule has 1 aromatic heterocycles. The van der Waals surface area contributed by atoms with Crippen molar-refractivity contribution in [2.24, 2.45) is 0 Å². The van der Waals surface area contributed by atoms with Gasteiger partial charge in [0.15, 0.2) is 0 Å². The Morgan fingerprint density at radius 1 is 1.47 bits per heavy atom. The number of nitrogens with zero attached hydrogens (tertiary/aromatic N) is 2. The van der Waals surface area contributed by atoms with Crippen molar-refractivity contribution in [2.75, 3.05) is 23.7 Å². The number of pyridine rings is 1. The molecule has 2 heterocycles. The molecular formula is C11H17N3O. The second kappa shape index (κ2) is 4.06. The summed E-state index contributed by atoms with van der Waals surface area (Å²) in [6.45, 7) is 6.02. The van der Waals surface area contributed by atoms with Crippen LogP contribution in [0.3, 0.4) is 0 Å². The summed E-state index contributed by atoms with van der Waals surface area (Å²) in [4.78, 5) is 6.30. The molecule has 0 aliphatic carbocycles. The van der Waals surface area contributed by atoms with Crippen molar-refractivity contribution in [3.63, 3.8) is 0 Å². The van der Waals surface area contributed by atoms with Gasteiger partial charge in [-0.3, -0.25) is 0 Å². The van der Waals surface area contributed by atoms with Crippen molar-refractivity contribution < 1.29 is 4.74 Å². The van der Waals surface area contributed by atoms with E-state index in [1.54, 1.807) is 6.20 Å². The smallest absolute Gasteiger partial charge is 0.123 e. The van der Waals surface area contributed by atoms with Crippen LogP contribution < -0.4 is 10.6 Å². The lowest BCUT2D eigenvalue weighted by atomic mass is 10.1. The van der Waals surface area contributed by atoms with Crippen LogP contribution in [-0.4, -0.2) is 30.3 Å². The fourth-order valence-corrected chi connectivity index (χ4v) is 1.70. The summed E-state index contributed by atoms with van der Waals surface area (Å²) < 4.78 is 5.67. The zero-order chi connectivity index (χ0) is 10.8. The van der Waals surface area contributed by atoms with Gasteiger partial charge in [-0.05, 0) is 26.0 Å². The van der Waals surface area contributed by atoms with E-state index in [-0.39, 0.29) is 0 Å². The topological polar surface area (TPSA) is 51.4 Å². The summed E-state index contributed by atoms with van der Waals surface area (Å²) in [5.41, 5.74) is 6.64. The Balaban J connectivity index is 1.86. The molecule has 1 fully saturated rings. The Morgan fingerprint density at radius 2 is 2.20 bits per heavy atom. The van der Waals surface area contributed by atoms with Gasteiger partial charge >= 0.3 is 0 Å². The summed E-state index contributed by atoms with van der Waals surface area (Å²) in [5, 5.41) is 0. The van der Waals surface area contributed by atoms with E-state index < -0.39 is 0 Å². The third-order valence-electron chi connectivity index (χ3n) is 2.45. The first kappa shape index (κ1) is 10.2. The minimum Gasteiger partial charge on any atom is -0.384 e. The van der Waals surface area contributed by atoms with Gasteiger partial charge in [0, 0.05) is 13.1 Å². The van der Waals surface area contributed by atoms with Crippen molar-refractivity contribution in [3.8, 4) is 0 Å². The van der Waals surface area contributed by atoms with Crippen LogP contribution in [0.5, 0.6) is 0 Å². The van der Waals surface area contributed by atoms with Crippen molar-refractivity contribution >= 4 is 11.5 Å². The van der Waals surface area contributed by atoms with Gasteiger partial charge < -0.3 is 15.4 Å². The molecule has 0 unspecified atom stereocenters. The molecule has 4 heteroatoms. The Labute approximate surface area is 90.0 Å². The van der Waals surface area contributed by atoms with Crippen molar-refractivity contribution in [1.29, 1.82) is 0 Å². The maximum atomic E-state index is 5.67. The van der Waals surface area contributed by atoms with Crippen molar-refractivity contribution in [2.45, 2.75) is 26.1 Å². The van der Waals surface area contributed by atoms with E-state index in [1.165, 1.54) is 0 Å². The molecule has 2 rings (SSSR count). The van der Waals surface area contributed by atoms with Crippen LogP contribution in [0.2, 0.25) is 0 Å². The van der Waals surface area contributed by atoms with Gasteiger partial charge in [0.1, 0.15) is 5.82 Å². The standard InChI is InChI=1S/C11H17N3O/c1-8(2)15-10-6-14(7-10)9-3-4-11(12)13-5-9/h3-5,8,10H,6-7H2,1-2H3,(H2,12,13). The second-order valence-electron chi connectivity index (χ2n) is 4.15. The Hall–Kier alpha value is -1.29. The molecule has 15 heavy (non-hydrogen) atoms. The van der Waals surface area contributed by atoms with E-state index >= 15 is 0 Å². The number of ether oxygens (including phenoxy) is 1. The fraction of sp³-hybridized carbons (Fsp3) is 0.545. The molecule has 0 atom stereocenters. The van der Waals surface area contributed by atoms with Crippen LogP contribution in [0.4, 0.5) is 11.5 Å². The predicted octanol–water partition coefficient (Wildman–Crippen LogP) is 1.28. The van der Waals surface area contributed by atoms with E-state index in [2.05, 4.69) is 23.7 Å². The highest BCUT2D eigenvalue weighted by Gasteiger charge is 2.28. The molecule has 1 aliphatic rings. The number of nitrogens with two attached hydrogens (primary N) is 1. The minimum absolute atomic E-state index is 0.307. The zero-order valence-electron chi connectivity index (χ0n) is 9.18. The normalized spacial score (nSPS) is 16.9. The third-order valence-corrected chi connectivity index (χ3v) is 2.45. The lowest BCUT2D eigenvalue weighted by molar-refractivity contribution is -0.00720. The highest BCUT2D eigenvalue weighted by molar-refractivity contribution is 5.50. The molecule has 2 N–H and O–H groups in total. The minimum atomic E-state index is 0.307. The molecule has 0 spiro atoms. The predicted molar refractivity (Wildman–Crippen MR) is 60.9 cm³/mol. The molecule has 1 aromatic rings. The lowest BCUT2D eigenvalue weighted by Gasteiger charge is -2.41. The fourth-order valence-electron chi connectivity index (χ4n) is 1.70. The molecule has 4 nitrogen and oxygen atoms in total. The van der Waals surface area contributed by atoms with E-state index in [9.17, 15) is 0 Å². The van der Waals surface area contributed by atoms with Gasteiger partial charge in [-0.1, -0.05) is 0 Å². The van der Waals surface area contributed by atoms with Crippen molar-refractivity contribution in [1.82, 2.24) is 4.98 Å². The lowest BCUT2D eigenvalue weighted by Crippen LogP contribution is -2.53. The van der Waals surface area contributed by atoms with E-state index in [0.29, 0.717) is 18.0 Å². The number of aromatic nitrogens is 1. The van der Waals surface area contributed by atoms with Gasteiger partial charge in [-0.2, -0.15) is 0 Å². The Kier molecular flexibility index (Phi) is 2.77. The summed E-state index contributed by atoms with van der Waals surface area (Å²) in [5.74, 6) is 0.564. The number of rotatable bonds is 3. The number of hydrogen-bond acceptors (Lipinski definition) is 4. The molecule has 0 saturated carbocycles. The van der Waals surface area contributed by atoms with Crippen LogP contribution in [0, 0.1) is 0 Å². The molecule has 1 saturated heterocycles. The van der Waals surface area contributed by atoms with E-state index in [4.69, 9.17) is 10.5 Å². The Bertz CT molecular complexity index is 317. The number of nitrogen functional groups attached to an aromatic ring is 1. The first-order chi connectivity index (χ1) is 7.15. The summed E-state index contributed by atoms with van der Waals surface area (Å²) >= 11 is 0. The average molecular weight is 207 g/mol. The molecule has 1 aliphatic heterocycles. The highest BCUT2D eigenvalue weighted by atomic mass is 16.5. The van der Waals surface area contributed by atoms with Crippen LogP contribution in [-0.2, 0) is 4.74 Å². The van der Waals surface area contributed by atoms with Gasteiger partial charge in [0.2, 0.25) is 0 Å². The zero-order valence-corrected chi connectivity index (χ0v) is 9.18. The van der Waals surface area contributed by atoms with Crippen LogP contribution in [0.25, 0.3) is 0 Å². The summed E-state index contributed by atoms with van der Waals surface area (Å²) in [6, 6.07) is 3.82. The molecule has 0 radical (unpaired) electrons. The van der Waals surface area contributed by atoms with Crippen LogP contribution in [0.15, 0.2) is 18.3 Å². The first-order valence-corrected chi connectivity index (χ1v) is 5.27. The van der Waals surface area contributed by atoms with Crippen molar-refractivity contribution in [3.05, 3.63) is 18.3 Å². The summed E-state index contributed by atoms with van der Waals surface area (Å²) in [6.07, 6.45) is 2.48. The monoisotopic (exact) mass is 207 g/mol. The van der Waals surface area contributed by atoms with Gasteiger partial charge in [-0.15, -0.1) is 0 Å². The molecular weight excluding hydrogens is 190 g/mol. The SMILES string of the molecule is CC(C)OC1CN(c2ccc(N)nc2)C1. The number of hydrogen-bond donors (Lipinski definition) is 1. The molecule has 0 bridgehead atoms. The summed E-state index contributed by atoms with van der Waals surface area (Å²) in [7, 11) is 0. The second-order valence-corrected chi connectivity index (χ2v) is 4.15. The third kappa shape index (κ3) is 2.39. The molecule has 82 valence electrons. The number of anilines is 2. The van der Waals surface area contributed by atoms with Crippen LogP contribution >= 0.6 is 0 Å². The van der Waals surface area contributed by atoms with Gasteiger partial charge in [0.25, 0.3) is 0 Å². The molecule has 0 amide bonds. The van der Waals surface area contributed by atoms with Gasteiger partial charge in [-0.25, -0.2) is 4.98 Å². The van der Waals surface area contributed by atoms with E-state index in [1.807, 2.05) is 12.1 Å².